The number of benzene rings is 2. The molecule has 0 bridgehead atoms. The fourth-order valence-corrected chi connectivity index (χ4v) is 5.13. The molecule has 1 atom stereocenters. The van der Waals surface area contributed by atoms with Gasteiger partial charge in [-0.05, 0) is 67.9 Å². The zero-order valence-corrected chi connectivity index (χ0v) is 20.4. The van der Waals surface area contributed by atoms with Gasteiger partial charge >= 0.3 is 0 Å². The predicted molar refractivity (Wildman–Crippen MR) is 134 cm³/mol. The maximum absolute atomic E-state index is 12.2. The Kier molecular flexibility index (Phi) is 6.22. The molecule has 2 heterocycles. The third kappa shape index (κ3) is 4.90. The Labute approximate surface area is 196 Å². The molecule has 1 fully saturated rings. The van der Waals surface area contributed by atoms with Crippen LogP contribution >= 0.6 is 0 Å². The maximum atomic E-state index is 12.2. The molecule has 33 heavy (non-hydrogen) atoms. The number of hydrogen-bond acceptors (Lipinski definition) is 8. The van der Waals surface area contributed by atoms with E-state index in [4.69, 9.17) is 10.7 Å². The van der Waals surface area contributed by atoms with Crippen LogP contribution in [-0.2, 0) is 15.5 Å². The fourth-order valence-electron chi connectivity index (χ4n) is 4.13. The van der Waals surface area contributed by atoms with Gasteiger partial charge < -0.3 is 20.4 Å². The first-order chi connectivity index (χ1) is 15.6. The summed E-state index contributed by atoms with van der Waals surface area (Å²) in [5.41, 5.74) is 9.71. The van der Waals surface area contributed by atoms with Gasteiger partial charge in [0.1, 0.15) is 0 Å². The largest absolute Gasteiger partial charge is 0.369 e. The van der Waals surface area contributed by atoms with Gasteiger partial charge in [-0.3, -0.25) is 5.73 Å². The average Bonchev–Trinajstić information content (AvgIpc) is 2.77. The summed E-state index contributed by atoms with van der Waals surface area (Å²) >= 11 is 0. The summed E-state index contributed by atoms with van der Waals surface area (Å²) in [5, 5.41) is 6.43. The van der Waals surface area contributed by atoms with E-state index >= 15 is 0 Å². The average molecular weight is 469 g/mol. The minimum absolute atomic E-state index is 0.264. The first-order valence-electron chi connectivity index (χ1n) is 11.0. The zero-order chi connectivity index (χ0) is 23.8. The highest BCUT2D eigenvalue weighted by Crippen LogP contribution is 2.32. The summed E-state index contributed by atoms with van der Waals surface area (Å²) in [6, 6.07) is 13.5. The van der Waals surface area contributed by atoms with Crippen LogP contribution in [-0.4, -0.2) is 58.8 Å². The van der Waals surface area contributed by atoms with E-state index < -0.39 is 15.5 Å². The lowest BCUT2D eigenvalue weighted by Gasteiger charge is -2.34. The molecule has 0 saturated carbocycles. The highest BCUT2D eigenvalue weighted by Gasteiger charge is 2.33. The summed E-state index contributed by atoms with van der Waals surface area (Å²) in [7, 11) is -1.23. The van der Waals surface area contributed by atoms with E-state index in [9.17, 15) is 8.42 Å². The van der Waals surface area contributed by atoms with Crippen LogP contribution in [0.15, 0.2) is 64.1 Å². The second-order valence-corrected chi connectivity index (χ2v) is 10.9. The molecule has 8 nitrogen and oxygen atoms in total. The molecular weight excluding hydrogens is 436 g/mol. The number of nitrogens with two attached hydrogens (primary N) is 1. The molecule has 176 valence electrons. The molecule has 0 amide bonds. The van der Waals surface area contributed by atoms with Crippen molar-refractivity contribution in [2.24, 2.45) is 10.7 Å². The number of nitrogens with one attached hydrogen (secondary N) is 2. The molecule has 4 rings (SSSR count). The predicted octanol–water partition coefficient (Wildman–Crippen LogP) is 2.24. The normalized spacial score (nSPS) is 21.8. The van der Waals surface area contributed by atoms with E-state index in [1.165, 1.54) is 11.9 Å². The van der Waals surface area contributed by atoms with Crippen molar-refractivity contribution in [3.05, 3.63) is 65.4 Å². The number of guanidine groups is 1. The van der Waals surface area contributed by atoms with Crippen LogP contribution in [0.4, 0.5) is 11.4 Å². The molecule has 0 aliphatic carbocycles. The first kappa shape index (κ1) is 23.3. The van der Waals surface area contributed by atoms with Gasteiger partial charge in [0.2, 0.25) is 5.96 Å². The lowest BCUT2D eigenvalue weighted by Crippen LogP contribution is -2.45. The number of aliphatic imine (C=N–C) groups is 1. The molecule has 4 N–H and O–H groups in total. The number of aryl methyl sites for hydroxylation is 1. The Morgan fingerprint density at radius 1 is 1.06 bits per heavy atom. The number of rotatable bonds is 4. The quantitative estimate of drug-likeness (QED) is 0.632. The van der Waals surface area contributed by atoms with E-state index in [1.54, 1.807) is 25.3 Å². The maximum Gasteiger partial charge on any atom is 0.202 e. The molecule has 0 radical (unpaired) electrons. The number of nitrogens with zero attached hydrogens (tertiary/aromatic N) is 3. The highest BCUT2D eigenvalue weighted by atomic mass is 32.2. The van der Waals surface area contributed by atoms with E-state index in [1.807, 2.05) is 25.1 Å². The van der Waals surface area contributed by atoms with Crippen molar-refractivity contribution in [2.75, 3.05) is 49.7 Å². The zero-order valence-electron chi connectivity index (χ0n) is 19.6. The summed E-state index contributed by atoms with van der Waals surface area (Å²) in [6.07, 6.45) is 3.00. The molecule has 2 aliphatic rings. The van der Waals surface area contributed by atoms with Crippen LogP contribution in [0.5, 0.6) is 0 Å². The van der Waals surface area contributed by atoms with Crippen molar-refractivity contribution in [2.45, 2.75) is 24.4 Å². The van der Waals surface area contributed by atoms with Crippen molar-refractivity contribution in [1.82, 2.24) is 10.2 Å². The Morgan fingerprint density at radius 3 is 2.36 bits per heavy atom. The van der Waals surface area contributed by atoms with Crippen LogP contribution in [0, 0.1) is 6.92 Å². The minimum atomic E-state index is -3.38. The van der Waals surface area contributed by atoms with Gasteiger partial charge in [-0.1, -0.05) is 12.1 Å². The number of anilines is 2. The number of hydrogen-bond donors (Lipinski definition) is 3. The molecular formula is C24H32N6O2S. The molecule has 2 aromatic rings. The number of piperazine rings is 1. The Balaban J connectivity index is 1.56. The summed E-state index contributed by atoms with van der Waals surface area (Å²) in [5.74, 6) is 0.497. The first-order valence-corrected chi connectivity index (χ1v) is 12.9. The van der Waals surface area contributed by atoms with E-state index in [0.717, 1.165) is 37.4 Å². The van der Waals surface area contributed by atoms with Gasteiger partial charge in [0.05, 0.1) is 4.90 Å². The van der Waals surface area contributed by atoms with Gasteiger partial charge in [0.25, 0.3) is 0 Å². The van der Waals surface area contributed by atoms with Crippen LogP contribution in [0.25, 0.3) is 0 Å². The standard InChI is InChI=1S/C24H32N6O2S/c1-17-5-6-19(15-22(17)33(4,31)32)24(25)18(2)16-26-23(28-24)27-20-7-9-21(10-8-20)30-13-11-29(3)12-14-30/h5-10,15-16H,11-14,25H2,1-4H3,(H2,26,27,28). The number of likely N-dealkylation sites (N-methyl/N-ethyl adjacent to an activating group) is 1. The van der Waals surface area contributed by atoms with Gasteiger partial charge in [0.15, 0.2) is 15.5 Å². The van der Waals surface area contributed by atoms with Crippen molar-refractivity contribution in [3.8, 4) is 0 Å². The van der Waals surface area contributed by atoms with Crippen molar-refractivity contribution in [1.29, 1.82) is 0 Å². The SMILES string of the molecule is CC1=CNC(Nc2ccc(N3CCN(C)CC3)cc2)=NC1(N)c1ccc(C)c(S(C)(=O)=O)c1. The molecule has 1 saturated heterocycles. The number of sulfone groups is 1. The van der Waals surface area contributed by atoms with Gasteiger partial charge in [0, 0.05) is 50.0 Å². The summed E-state index contributed by atoms with van der Waals surface area (Å²) < 4.78 is 24.4. The smallest absolute Gasteiger partial charge is 0.202 e. The summed E-state index contributed by atoms with van der Waals surface area (Å²) in [6.45, 7) is 7.80. The van der Waals surface area contributed by atoms with Gasteiger partial charge in [-0.15, -0.1) is 0 Å². The highest BCUT2D eigenvalue weighted by molar-refractivity contribution is 7.90. The second-order valence-electron chi connectivity index (χ2n) is 8.91. The van der Waals surface area contributed by atoms with E-state index in [2.05, 4.69) is 39.6 Å². The summed E-state index contributed by atoms with van der Waals surface area (Å²) in [4.78, 5) is 9.71. The van der Waals surface area contributed by atoms with Crippen LogP contribution in [0.2, 0.25) is 0 Å². The van der Waals surface area contributed by atoms with Gasteiger partial charge in [-0.25, -0.2) is 13.4 Å². The van der Waals surface area contributed by atoms with Gasteiger partial charge in [-0.2, -0.15) is 0 Å². The minimum Gasteiger partial charge on any atom is -0.369 e. The van der Waals surface area contributed by atoms with E-state index in [0.29, 0.717) is 17.1 Å². The van der Waals surface area contributed by atoms with Crippen LogP contribution < -0.4 is 21.3 Å². The molecule has 0 spiro atoms. The monoisotopic (exact) mass is 468 g/mol. The fraction of sp³-hybridized carbons (Fsp3) is 0.375. The van der Waals surface area contributed by atoms with Crippen LogP contribution in [0.1, 0.15) is 18.1 Å². The molecule has 0 aromatic heterocycles. The Hall–Kier alpha value is -2.88. The lowest BCUT2D eigenvalue weighted by molar-refractivity contribution is 0.313. The molecule has 2 aliphatic heterocycles. The topological polar surface area (TPSA) is 103 Å². The third-order valence-corrected chi connectivity index (χ3v) is 7.58. The Morgan fingerprint density at radius 2 is 1.73 bits per heavy atom. The Bertz CT molecular complexity index is 1200. The van der Waals surface area contributed by atoms with E-state index in [-0.39, 0.29) is 4.90 Å². The molecule has 9 heteroatoms. The third-order valence-electron chi connectivity index (χ3n) is 6.34. The van der Waals surface area contributed by atoms with Crippen LogP contribution in [0.3, 0.4) is 0 Å². The molecule has 1 unspecified atom stereocenters. The van der Waals surface area contributed by atoms with Crippen molar-refractivity contribution in [3.63, 3.8) is 0 Å². The van der Waals surface area contributed by atoms with Crippen molar-refractivity contribution < 1.29 is 8.42 Å². The van der Waals surface area contributed by atoms with Crippen molar-refractivity contribution >= 4 is 27.2 Å². The lowest BCUT2D eigenvalue weighted by atomic mass is 9.92. The molecule has 2 aromatic carbocycles. The second kappa shape index (κ2) is 8.81.